The number of rotatable bonds is 4. The topological polar surface area (TPSA) is 52.6 Å². The van der Waals surface area contributed by atoms with Crippen LogP contribution in [0.4, 0.5) is 8.78 Å². The molecule has 0 amide bonds. The summed E-state index contributed by atoms with van der Waals surface area (Å²) in [4.78, 5) is 23.5. The highest BCUT2D eigenvalue weighted by Gasteiger charge is 2.78. The van der Waals surface area contributed by atoms with E-state index in [-0.39, 0.29) is 13.1 Å². The molecule has 0 N–H and O–H groups in total. The average Bonchev–Trinajstić information content (AvgIpc) is 3.00. The summed E-state index contributed by atoms with van der Waals surface area (Å²) in [6, 6.07) is 16.3. The summed E-state index contributed by atoms with van der Waals surface area (Å²) < 4.78 is 39.9. The maximum Gasteiger partial charge on any atom is 0.652 e. The second-order valence-electron chi connectivity index (χ2n) is 7.45. The molecule has 0 bridgehead atoms. The zero-order valence-corrected chi connectivity index (χ0v) is 14.7. The summed E-state index contributed by atoms with van der Waals surface area (Å²) in [6.45, 7) is -4.02. The summed E-state index contributed by atoms with van der Waals surface area (Å²) in [5.74, 6) is -5.06. The zero-order chi connectivity index (χ0) is 19.3. The summed E-state index contributed by atoms with van der Waals surface area (Å²) >= 11 is 0. The molecule has 2 aromatic rings. The first-order chi connectivity index (χ1) is 12.7. The molecule has 27 heavy (non-hydrogen) atoms. The van der Waals surface area contributed by atoms with Crippen LogP contribution in [0.2, 0.25) is 0 Å². The molecular formula is C19H18BF2NO4. The van der Waals surface area contributed by atoms with Crippen molar-refractivity contribution in [2.45, 2.75) is 12.2 Å². The van der Waals surface area contributed by atoms with Gasteiger partial charge in [-0.05, 0) is 16.7 Å². The monoisotopic (exact) mass is 373 g/mol. The Kier molecular flexibility index (Phi) is 3.85. The number of fused-ring (bicyclic) bond motifs is 1. The molecule has 0 aromatic heterocycles. The van der Waals surface area contributed by atoms with Crippen LogP contribution in [0, 0.1) is 0 Å². The standard InChI is InChI=1S/C19H18BF2NO4/c1-23-12-17(24)26-20(23,27-18(25)13-23)19(21,22)11-14-7-9-16(10-8-14)15-5-3-2-4-6-15/h2-10H,11-13H2,1H3. The Labute approximate surface area is 155 Å². The van der Waals surface area contributed by atoms with Gasteiger partial charge in [-0.3, -0.25) is 9.59 Å². The van der Waals surface area contributed by atoms with Crippen molar-refractivity contribution in [1.82, 2.24) is 0 Å². The van der Waals surface area contributed by atoms with Gasteiger partial charge in [0.2, 0.25) is 0 Å². The highest BCUT2D eigenvalue weighted by atomic mass is 19.3. The maximum atomic E-state index is 15.2. The molecule has 8 heteroatoms. The van der Waals surface area contributed by atoms with Gasteiger partial charge in [0.15, 0.2) is 0 Å². The zero-order valence-electron chi connectivity index (χ0n) is 14.7. The first-order valence-electron chi connectivity index (χ1n) is 8.69. The van der Waals surface area contributed by atoms with Crippen LogP contribution in [0.3, 0.4) is 0 Å². The molecule has 0 saturated carbocycles. The number of benzene rings is 2. The van der Waals surface area contributed by atoms with Crippen LogP contribution in [0.1, 0.15) is 5.56 Å². The minimum absolute atomic E-state index is 0.297. The lowest BCUT2D eigenvalue weighted by Crippen LogP contribution is -2.70. The van der Waals surface area contributed by atoms with E-state index in [1.807, 2.05) is 30.3 Å². The van der Waals surface area contributed by atoms with Crippen LogP contribution in [0.15, 0.2) is 54.6 Å². The number of nitrogens with zero attached hydrogens (tertiary/aromatic N) is 1. The van der Waals surface area contributed by atoms with Gasteiger partial charge in [-0.2, -0.15) is 0 Å². The number of likely N-dealkylation sites (N-methyl/N-ethyl adjacent to an activating group) is 1. The molecule has 2 saturated heterocycles. The van der Waals surface area contributed by atoms with E-state index in [4.69, 9.17) is 9.31 Å². The first-order valence-corrected chi connectivity index (χ1v) is 8.69. The third-order valence-electron chi connectivity index (χ3n) is 5.42. The fraction of sp³-hybridized carbons (Fsp3) is 0.263. The van der Waals surface area contributed by atoms with Gasteiger partial charge in [0.1, 0.15) is 13.1 Å². The fourth-order valence-corrected chi connectivity index (χ4v) is 4.07. The number of quaternary nitrogens is 1. The van der Waals surface area contributed by atoms with Crippen LogP contribution < -0.4 is 0 Å². The van der Waals surface area contributed by atoms with E-state index >= 15 is 8.78 Å². The molecule has 5 nitrogen and oxygen atoms in total. The lowest BCUT2D eigenvalue weighted by molar-refractivity contribution is -0.797. The highest BCUT2D eigenvalue weighted by Crippen LogP contribution is 2.45. The number of hydrogen-bond donors (Lipinski definition) is 0. The van der Waals surface area contributed by atoms with E-state index in [1.165, 1.54) is 7.05 Å². The second-order valence-corrected chi connectivity index (χ2v) is 7.45. The average molecular weight is 373 g/mol. The SMILES string of the molecule is C[N+]12CC(=O)O[B-]1(C(F)(F)Cc1ccc(-c3ccccc3)cc1)OC(=O)C2. The van der Waals surface area contributed by atoms with E-state index < -0.39 is 35.3 Å². The molecule has 2 aromatic carbocycles. The minimum Gasteiger partial charge on any atom is -0.596 e. The van der Waals surface area contributed by atoms with Gasteiger partial charge in [-0.1, -0.05) is 54.6 Å². The Morgan fingerprint density at radius 1 is 0.926 bits per heavy atom. The third-order valence-corrected chi connectivity index (χ3v) is 5.42. The van der Waals surface area contributed by atoms with Crippen molar-refractivity contribution in [2.24, 2.45) is 0 Å². The molecular weight excluding hydrogens is 355 g/mol. The molecule has 0 aliphatic carbocycles. The van der Waals surface area contributed by atoms with Crippen LogP contribution in [0.25, 0.3) is 11.1 Å². The molecule has 4 rings (SSSR count). The van der Waals surface area contributed by atoms with Crippen molar-refractivity contribution in [2.75, 3.05) is 20.1 Å². The predicted octanol–water partition coefficient (Wildman–Crippen LogP) is 2.57. The second kappa shape index (κ2) is 5.89. The summed E-state index contributed by atoms with van der Waals surface area (Å²) in [5, 5.41) is 0. The van der Waals surface area contributed by atoms with Crippen LogP contribution in [-0.4, -0.2) is 49.0 Å². The number of carbonyl (C=O) groups excluding carboxylic acids is 2. The first kappa shape index (κ1) is 17.7. The Balaban J connectivity index is 1.61. The van der Waals surface area contributed by atoms with Gasteiger partial charge in [0.05, 0.1) is 0 Å². The largest absolute Gasteiger partial charge is 0.652 e. The lowest BCUT2D eigenvalue weighted by Gasteiger charge is -2.43. The van der Waals surface area contributed by atoms with Crippen LogP contribution >= 0.6 is 0 Å². The normalized spacial score (nSPS) is 27.2. The molecule has 140 valence electrons. The van der Waals surface area contributed by atoms with Gasteiger partial charge >= 0.3 is 18.6 Å². The van der Waals surface area contributed by atoms with Crippen molar-refractivity contribution < 1.29 is 32.1 Å². The minimum atomic E-state index is -3.51. The van der Waals surface area contributed by atoms with E-state index in [1.54, 1.807) is 24.3 Å². The van der Waals surface area contributed by atoms with E-state index in [0.717, 1.165) is 11.1 Å². The molecule has 2 fully saturated rings. The van der Waals surface area contributed by atoms with Crippen LogP contribution in [0.5, 0.6) is 0 Å². The van der Waals surface area contributed by atoms with Gasteiger partial charge < -0.3 is 13.7 Å². The van der Waals surface area contributed by atoms with Crippen molar-refractivity contribution in [3.8, 4) is 11.1 Å². The molecule has 0 unspecified atom stereocenters. The van der Waals surface area contributed by atoms with Gasteiger partial charge in [-0.25, -0.2) is 8.78 Å². The molecule has 2 aliphatic heterocycles. The van der Waals surface area contributed by atoms with Gasteiger partial charge in [-0.15, -0.1) is 0 Å². The highest BCUT2D eigenvalue weighted by molar-refractivity contribution is 6.68. The van der Waals surface area contributed by atoms with Crippen molar-refractivity contribution in [3.63, 3.8) is 0 Å². The number of alkyl halides is 2. The van der Waals surface area contributed by atoms with E-state index in [0.29, 0.717) is 5.56 Å². The number of halogens is 2. The Morgan fingerprint density at radius 2 is 1.44 bits per heavy atom. The Hall–Kier alpha value is -2.74. The number of hydrogen-bond acceptors (Lipinski definition) is 4. The van der Waals surface area contributed by atoms with Crippen molar-refractivity contribution in [1.29, 1.82) is 0 Å². The Morgan fingerprint density at radius 3 is 2.00 bits per heavy atom. The Bertz CT molecular complexity index is 882. The molecule has 0 spiro atoms. The van der Waals surface area contributed by atoms with Crippen molar-refractivity contribution >= 4 is 18.6 Å². The predicted molar refractivity (Wildman–Crippen MR) is 94.4 cm³/mol. The fourth-order valence-electron chi connectivity index (χ4n) is 4.07. The van der Waals surface area contributed by atoms with Crippen LogP contribution in [-0.2, 0) is 25.3 Å². The summed E-state index contributed by atoms with van der Waals surface area (Å²) in [7, 11) is 1.40. The summed E-state index contributed by atoms with van der Waals surface area (Å²) in [6.07, 6.45) is -0.684. The smallest absolute Gasteiger partial charge is 0.596 e. The van der Waals surface area contributed by atoms with E-state index in [9.17, 15) is 9.59 Å². The van der Waals surface area contributed by atoms with Gasteiger partial charge in [0, 0.05) is 13.5 Å². The molecule has 2 heterocycles. The van der Waals surface area contributed by atoms with Crippen molar-refractivity contribution in [3.05, 3.63) is 60.2 Å². The third kappa shape index (κ3) is 2.71. The quantitative estimate of drug-likeness (QED) is 0.774. The van der Waals surface area contributed by atoms with Gasteiger partial charge in [0.25, 0.3) is 5.82 Å². The van der Waals surface area contributed by atoms with E-state index in [2.05, 4.69) is 0 Å². The maximum absolute atomic E-state index is 15.2. The lowest BCUT2D eigenvalue weighted by atomic mass is 9.59. The molecule has 2 aliphatic rings. The number of carbonyl (C=O) groups is 2. The molecule has 0 atom stereocenters. The molecule has 0 radical (unpaired) electrons. The summed E-state index contributed by atoms with van der Waals surface area (Å²) in [5.41, 5.74) is 2.26.